The number of nitrogens with one attached hydrogen (secondary N) is 3. The number of carbonyl (C=O) groups is 1. The van der Waals surface area contributed by atoms with Crippen molar-refractivity contribution in [2.24, 2.45) is 0 Å². The van der Waals surface area contributed by atoms with Crippen LogP contribution in [-0.2, 0) is 32.8 Å². The van der Waals surface area contributed by atoms with Gasteiger partial charge in [0.2, 0.25) is 10.0 Å². The molecule has 0 atom stereocenters. The monoisotopic (exact) mass is 694 g/mol. The Morgan fingerprint density at radius 1 is 0.936 bits per heavy atom. The molecule has 0 unspecified atom stereocenters. The molecule has 0 aliphatic heterocycles. The molecule has 0 aliphatic rings. The summed E-state index contributed by atoms with van der Waals surface area (Å²) in [5, 5.41) is -0.294. The average molecular weight is 695 g/mol. The van der Waals surface area contributed by atoms with Crippen LogP contribution in [0, 0.1) is 11.6 Å². The molecule has 17 heteroatoms. The molecule has 3 N–H and O–H groups in total. The third-order valence-corrected chi connectivity index (χ3v) is 9.70. The average Bonchev–Trinajstić information content (AvgIpc) is 3.31. The highest BCUT2D eigenvalue weighted by atomic mass is 32.2. The van der Waals surface area contributed by atoms with Crippen LogP contribution in [0.25, 0.3) is 22.0 Å². The summed E-state index contributed by atoms with van der Waals surface area (Å²) in [6.07, 6.45) is -3.64. The SMILES string of the molecule is CCS(=O)(=O)Nc1cccc(S(=O)(=O)NC(=O)c2c(-c3ccc[nH]c3=O)c3cc(C(F)(F)F)ccc3n2Cc2ccc(F)cc2F)c1. The summed E-state index contributed by atoms with van der Waals surface area (Å²) in [6, 6.07) is 11.8. The zero-order valence-electron chi connectivity index (χ0n) is 24.0. The van der Waals surface area contributed by atoms with Crippen LogP contribution in [0.5, 0.6) is 0 Å². The van der Waals surface area contributed by atoms with Crippen LogP contribution in [0.1, 0.15) is 28.5 Å². The molecule has 0 radical (unpaired) electrons. The molecule has 5 aromatic rings. The second kappa shape index (κ2) is 12.3. The zero-order chi connectivity index (χ0) is 34.3. The van der Waals surface area contributed by atoms with Crippen molar-refractivity contribution in [1.29, 1.82) is 0 Å². The summed E-state index contributed by atoms with van der Waals surface area (Å²) < 4.78 is 126. The number of halogens is 5. The molecule has 0 spiro atoms. The van der Waals surface area contributed by atoms with Crippen molar-refractivity contribution in [1.82, 2.24) is 14.3 Å². The smallest absolute Gasteiger partial charge is 0.331 e. The summed E-state index contributed by atoms with van der Waals surface area (Å²) in [5.74, 6) is -3.74. The van der Waals surface area contributed by atoms with E-state index in [1.807, 2.05) is 4.72 Å². The van der Waals surface area contributed by atoms with Crippen molar-refractivity contribution >= 4 is 42.5 Å². The molecule has 1 amide bonds. The van der Waals surface area contributed by atoms with E-state index in [0.29, 0.717) is 18.2 Å². The number of H-pyrrole nitrogens is 1. The third kappa shape index (κ3) is 6.90. The van der Waals surface area contributed by atoms with Gasteiger partial charge in [-0.3, -0.25) is 14.3 Å². The van der Waals surface area contributed by atoms with Gasteiger partial charge in [0.05, 0.1) is 22.8 Å². The summed E-state index contributed by atoms with van der Waals surface area (Å²) in [4.78, 5) is 28.8. The highest BCUT2D eigenvalue weighted by molar-refractivity contribution is 7.92. The van der Waals surface area contributed by atoms with E-state index in [9.17, 15) is 48.4 Å². The molecule has 2 heterocycles. The molecule has 5 rings (SSSR count). The lowest BCUT2D eigenvalue weighted by atomic mass is 10.0. The number of sulfonamides is 2. The first kappa shape index (κ1) is 33.3. The van der Waals surface area contributed by atoms with E-state index in [1.165, 1.54) is 37.4 Å². The largest absolute Gasteiger partial charge is 0.416 e. The number of hydrogen-bond donors (Lipinski definition) is 3. The van der Waals surface area contributed by atoms with E-state index in [-0.39, 0.29) is 33.5 Å². The summed E-state index contributed by atoms with van der Waals surface area (Å²) in [7, 11) is -8.63. The van der Waals surface area contributed by atoms with Crippen LogP contribution in [0.15, 0.2) is 88.7 Å². The van der Waals surface area contributed by atoms with Crippen molar-refractivity contribution in [2.45, 2.75) is 24.5 Å². The number of aromatic nitrogens is 2. The number of fused-ring (bicyclic) bond motifs is 1. The van der Waals surface area contributed by atoms with E-state index < -0.39 is 77.6 Å². The Bertz CT molecular complexity index is 2320. The zero-order valence-corrected chi connectivity index (χ0v) is 25.7. The van der Waals surface area contributed by atoms with Gasteiger partial charge in [-0.25, -0.2) is 30.3 Å². The molecule has 3 aromatic carbocycles. The first-order valence-electron chi connectivity index (χ1n) is 13.5. The van der Waals surface area contributed by atoms with Gasteiger partial charge in [0.1, 0.15) is 17.3 Å². The molecule has 10 nitrogen and oxygen atoms in total. The molecule has 2 aromatic heterocycles. The van der Waals surface area contributed by atoms with Gasteiger partial charge in [0.25, 0.3) is 21.5 Å². The molecule has 0 saturated heterocycles. The number of anilines is 1. The van der Waals surface area contributed by atoms with Crippen LogP contribution < -0.4 is 15.0 Å². The lowest BCUT2D eigenvalue weighted by molar-refractivity contribution is -0.137. The number of aromatic amines is 1. The number of carbonyl (C=O) groups excluding carboxylic acids is 1. The van der Waals surface area contributed by atoms with Crippen molar-refractivity contribution in [3.05, 3.63) is 118 Å². The van der Waals surface area contributed by atoms with Crippen molar-refractivity contribution in [2.75, 3.05) is 10.5 Å². The van der Waals surface area contributed by atoms with Crippen LogP contribution >= 0.6 is 0 Å². The van der Waals surface area contributed by atoms with Gasteiger partial charge in [-0.15, -0.1) is 0 Å². The molecule has 47 heavy (non-hydrogen) atoms. The standard InChI is InChI=1S/C30H23F5N4O6S2/c1-2-46(42,43)37-20-5-3-6-21(15-20)47(44,45)38-29(41)27-26(22-7-4-12-36-28(22)40)23-13-18(30(33,34)35)9-11-25(23)39(27)16-17-8-10-19(31)14-24(17)32/h3-15,37H,2,16H2,1H3,(H,36,40)(H,38,41). The summed E-state index contributed by atoms with van der Waals surface area (Å²) in [5.41, 5.74) is -3.81. The number of rotatable bonds is 9. The van der Waals surface area contributed by atoms with Gasteiger partial charge < -0.3 is 9.55 Å². The van der Waals surface area contributed by atoms with Gasteiger partial charge in [0.15, 0.2) is 0 Å². The van der Waals surface area contributed by atoms with Gasteiger partial charge in [-0.1, -0.05) is 12.1 Å². The van der Waals surface area contributed by atoms with E-state index in [2.05, 4.69) is 9.71 Å². The van der Waals surface area contributed by atoms with Gasteiger partial charge in [-0.2, -0.15) is 13.2 Å². The van der Waals surface area contributed by atoms with E-state index >= 15 is 0 Å². The number of alkyl halides is 3. The van der Waals surface area contributed by atoms with Crippen molar-refractivity contribution in [3.63, 3.8) is 0 Å². The fraction of sp³-hybridized carbons (Fsp3) is 0.133. The van der Waals surface area contributed by atoms with Gasteiger partial charge >= 0.3 is 6.18 Å². The second-order valence-corrected chi connectivity index (χ2v) is 13.8. The lowest BCUT2D eigenvalue weighted by Gasteiger charge is -2.14. The Balaban J connectivity index is 1.75. The topological polar surface area (TPSA) is 147 Å². The molecule has 246 valence electrons. The Morgan fingerprint density at radius 2 is 1.68 bits per heavy atom. The highest BCUT2D eigenvalue weighted by Crippen LogP contribution is 2.39. The van der Waals surface area contributed by atoms with Crippen molar-refractivity contribution < 1.29 is 43.6 Å². The molecule has 0 aliphatic carbocycles. The molecular formula is C30H23F5N4O6S2. The first-order chi connectivity index (χ1) is 22.0. The Labute approximate surface area is 264 Å². The minimum Gasteiger partial charge on any atom is -0.331 e. The Morgan fingerprint density at radius 3 is 2.34 bits per heavy atom. The molecule has 0 bridgehead atoms. The quantitative estimate of drug-likeness (QED) is 0.180. The maximum Gasteiger partial charge on any atom is 0.416 e. The number of hydrogen-bond acceptors (Lipinski definition) is 6. The normalized spacial score (nSPS) is 12.3. The van der Waals surface area contributed by atoms with Crippen molar-refractivity contribution in [3.8, 4) is 11.1 Å². The van der Waals surface area contributed by atoms with E-state index in [4.69, 9.17) is 0 Å². The lowest BCUT2D eigenvalue weighted by Crippen LogP contribution is -2.33. The number of benzene rings is 3. The van der Waals surface area contributed by atoms with E-state index in [0.717, 1.165) is 34.9 Å². The predicted octanol–water partition coefficient (Wildman–Crippen LogP) is 5.22. The fourth-order valence-electron chi connectivity index (χ4n) is 4.85. The first-order valence-corrected chi connectivity index (χ1v) is 16.7. The summed E-state index contributed by atoms with van der Waals surface area (Å²) >= 11 is 0. The molecule has 0 fully saturated rings. The fourth-order valence-corrected chi connectivity index (χ4v) is 6.48. The van der Waals surface area contributed by atoms with Gasteiger partial charge in [-0.05, 0) is 61.5 Å². The van der Waals surface area contributed by atoms with Crippen LogP contribution in [0.3, 0.4) is 0 Å². The van der Waals surface area contributed by atoms with Crippen LogP contribution in [-0.4, -0.2) is 38.0 Å². The van der Waals surface area contributed by atoms with Gasteiger partial charge in [0, 0.05) is 45.5 Å². The maximum atomic E-state index is 14.9. The predicted molar refractivity (Wildman–Crippen MR) is 163 cm³/mol. The minimum atomic E-state index is -4.87. The maximum absolute atomic E-state index is 14.9. The highest BCUT2D eigenvalue weighted by Gasteiger charge is 2.34. The second-order valence-electron chi connectivity index (χ2n) is 10.2. The Kier molecular flexibility index (Phi) is 8.72. The molecule has 0 saturated carbocycles. The molecular weight excluding hydrogens is 671 g/mol. The number of pyridine rings is 1. The Hall–Kier alpha value is -5.03. The van der Waals surface area contributed by atoms with Crippen LogP contribution in [0.4, 0.5) is 27.6 Å². The van der Waals surface area contributed by atoms with Crippen LogP contribution in [0.2, 0.25) is 0 Å². The summed E-state index contributed by atoms with van der Waals surface area (Å²) in [6.45, 7) is 0.753. The number of nitrogens with zero attached hydrogens (tertiary/aromatic N) is 1. The van der Waals surface area contributed by atoms with E-state index in [1.54, 1.807) is 0 Å². The third-order valence-electron chi connectivity index (χ3n) is 7.06. The minimum absolute atomic E-state index is 0.113. The number of amides is 1.